The Labute approximate surface area is 142 Å². The number of thioether (sulfide) groups is 1. The first-order valence-corrected chi connectivity index (χ1v) is 8.33. The van der Waals surface area contributed by atoms with Crippen LogP contribution in [0.25, 0.3) is 16.6 Å². The van der Waals surface area contributed by atoms with E-state index in [-0.39, 0.29) is 5.75 Å². The van der Waals surface area contributed by atoms with Gasteiger partial charge in [0.2, 0.25) is 5.91 Å². The van der Waals surface area contributed by atoms with Crippen molar-refractivity contribution >= 4 is 40.3 Å². The van der Waals surface area contributed by atoms with E-state index in [4.69, 9.17) is 5.73 Å². The van der Waals surface area contributed by atoms with E-state index in [9.17, 15) is 9.59 Å². The van der Waals surface area contributed by atoms with Gasteiger partial charge in [-0.15, -0.1) is 10.2 Å². The number of aryl methyl sites for hydroxylation is 3. The highest BCUT2D eigenvalue weighted by Crippen LogP contribution is 2.28. The van der Waals surface area contributed by atoms with Crippen LogP contribution in [-0.4, -0.2) is 32.3 Å². The highest BCUT2D eigenvalue weighted by atomic mass is 32.2. The lowest BCUT2D eigenvalue weighted by atomic mass is 10.0. The first-order chi connectivity index (χ1) is 11.4. The maximum absolute atomic E-state index is 11.6. The molecule has 2 heterocycles. The summed E-state index contributed by atoms with van der Waals surface area (Å²) in [6.45, 7) is 6.15. The third kappa shape index (κ3) is 2.92. The minimum atomic E-state index is -0.862. The molecule has 8 heteroatoms. The summed E-state index contributed by atoms with van der Waals surface area (Å²) in [4.78, 5) is 22.3. The summed E-state index contributed by atoms with van der Waals surface area (Å²) in [5, 5.41) is 12.1. The highest BCUT2D eigenvalue weighted by molar-refractivity contribution is 7.99. The number of rotatable bonds is 3. The van der Waals surface area contributed by atoms with Gasteiger partial charge in [0.15, 0.2) is 10.8 Å². The fourth-order valence-electron chi connectivity index (χ4n) is 2.81. The number of fused-ring (bicyclic) bond motifs is 3. The van der Waals surface area contributed by atoms with Crippen molar-refractivity contribution in [3.05, 3.63) is 34.9 Å². The number of nitrogens with two attached hydrogens (primary N) is 1. The van der Waals surface area contributed by atoms with E-state index >= 15 is 0 Å². The van der Waals surface area contributed by atoms with Crippen LogP contribution in [0.3, 0.4) is 0 Å². The largest absolute Gasteiger partial charge is 0.351 e. The number of hydrogen-bond acceptors (Lipinski definition) is 5. The second-order valence-electron chi connectivity index (χ2n) is 5.68. The van der Waals surface area contributed by atoms with Crippen molar-refractivity contribution < 1.29 is 9.59 Å². The minimum Gasteiger partial charge on any atom is -0.351 e. The molecule has 124 valence electrons. The van der Waals surface area contributed by atoms with Gasteiger partial charge in [0.05, 0.1) is 11.3 Å². The van der Waals surface area contributed by atoms with Crippen LogP contribution < -0.4 is 11.1 Å². The van der Waals surface area contributed by atoms with Gasteiger partial charge < -0.3 is 5.73 Å². The number of hydrogen-bond donors (Lipinski definition) is 2. The van der Waals surface area contributed by atoms with Crippen molar-refractivity contribution in [1.82, 2.24) is 19.9 Å². The van der Waals surface area contributed by atoms with Crippen molar-refractivity contribution in [3.8, 4) is 0 Å². The van der Waals surface area contributed by atoms with Crippen LogP contribution in [0.15, 0.2) is 23.4 Å². The summed E-state index contributed by atoms with van der Waals surface area (Å²) in [6, 6.07) is 5.35. The molecule has 3 rings (SSSR count). The Kier molecular flexibility index (Phi) is 4.15. The number of nitrogens with one attached hydrogen (secondary N) is 1. The zero-order valence-electron chi connectivity index (χ0n) is 13.6. The molecule has 0 aliphatic rings. The SMILES string of the molecule is Cc1cc(C)c2c(c1)c(C)cc1nnc(SCC(=O)NC(N)=O)n12. The van der Waals surface area contributed by atoms with Crippen LogP contribution in [0.4, 0.5) is 4.79 Å². The van der Waals surface area contributed by atoms with Gasteiger partial charge in [-0.1, -0.05) is 23.4 Å². The third-order valence-corrected chi connectivity index (χ3v) is 4.62. The molecule has 0 saturated carbocycles. The van der Waals surface area contributed by atoms with Crippen LogP contribution in [0.2, 0.25) is 0 Å². The fourth-order valence-corrected chi connectivity index (χ4v) is 3.56. The molecule has 0 aliphatic carbocycles. The molecule has 0 radical (unpaired) electrons. The minimum absolute atomic E-state index is 0.0318. The van der Waals surface area contributed by atoms with Crippen molar-refractivity contribution in [3.63, 3.8) is 0 Å². The Hall–Kier alpha value is -2.61. The molecule has 2 aromatic heterocycles. The number of imide groups is 1. The molecule has 3 amide bonds. The highest BCUT2D eigenvalue weighted by Gasteiger charge is 2.15. The predicted octanol–water partition coefficient (Wildman–Crippen LogP) is 2.09. The van der Waals surface area contributed by atoms with Crippen LogP contribution >= 0.6 is 11.8 Å². The summed E-state index contributed by atoms with van der Waals surface area (Å²) in [5.41, 5.74) is 10.1. The van der Waals surface area contributed by atoms with Gasteiger partial charge in [-0.25, -0.2) is 4.79 Å². The Morgan fingerprint density at radius 1 is 1.17 bits per heavy atom. The van der Waals surface area contributed by atoms with Gasteiger partial charge in [0.1, 0.15) is 0 Å². The first-order valence-electron chi connectivity index (χ1n) is 7.34. The quantitative estimate of drug-likeness (QED) is 0.709. The summed E-state index contributed by atoms with van der Waals surface area (Å²) in [7, 11) is 0. The van der Waals surface area contributed by atoms with Crippen molar-refractivity contribution in [1.29, 1.82) is 0 Å². The van der Waals surface area contributed by atoms with Crippen LogP contribution in [0.1, 0.15) is 16.7 Å². The second kappa shape index (κ2) is 6.12. The summed E-state index contributed by atoms with van der Waals surface area (Å²) >= 11 is 1.21. The van der Waals surface area contributed by atoms with Gasteiger partial charge in [0.25, 0.3) is 0 Å². The maximum atomic E-state index is 11.6. The number of carbonyl (C=O) groups is 2. The number of pyridine rings is 1. The molecule has 0 spiro atoms. The summed E-state index contributed by atoms with van der Waals surface area (Å²) < 4.78 is 1.94. The Bertz CT molecular complexity index is 980. The lowest BCUT2D eigenvalue weighted by Gasteiger charge is -2.11. The average Bonchev–Trinajstić information content (AvgIpc) is 2.87. The zero-order valence-corrected chi connectivity index (χ0v) is 14.4. The molecular weight excluding hydrogens is 326 g/mol. The smallest absolute Gasteiger partial charge is 0.318 e. The van der Waals surface area contributed by atoms with E-state index in [2.05, 4.69) is 29.3 Å². The number of amides is 3. The molecule has 0 aliphatic heterocycles. The van der Waals surface area contributed by atoms with E-state index in [0.29, 0.717) is 5.16 Å². The topological polar surface area (TPSA) is 102 Å². The number of urea groups is 1. The fraction of sp³-hybridized carbons (Fsp3) is 0.250. The number of aromatic nitrogens is 3. The molecule has 0 bridgehead atoms. The molecule has 7 nitrogen and oxygen atoms in total. The molecule has 0 saturated heterocycles. The molecule has 3 aromatic rings. The maximum Gasteiger partial charge on any atom is 0.318 e. The van der Waals surface area contributed by atoms with Gasteiger partial charge in [-0.2, -0.15) is 0 Å². The van der Waals surface area contributed by atoms with Crippen molar-refractivity contribution in [2.75, 3.05) is 5.75 Å². The van der Waals surface area contributed by atoms with Crippen LogP contribution in [0.5, 0.6) is 0 Å². The second-order valence-corrected chi connectivity index (χ2v) is 6.63. The summed E-state index contributed by atoms with van der Waals surface area (Å²) in [6.07, 6.45) is 0. The monoisotopic (exact) mass is 343 g/mol. The van der Waals surface area contributed by atoms with Gasteiger partial charge in [-0.05, 0) is 44.0 Å². The van der Waals surface area contributed by atoms with E-state index < -0.39 is 11.9 Å². The zero-order chi connectivity index (χ0) is 17.4. The van der Waals surface area contributed by atoms with Crippen LogP contribution in [0, 0.1) is 20.8 Å². The van der Waals surface area contributed by atoms with E-state index in [0.717, 1.165) is 27.7 Å². The van der Waals surface area contributed by atoms with Gasteiger partial charge >= 0.3 is 6.03 Å². The molecule has 0 fully saturated rings. The van der Waals surface area contributed by atoms with E-state index in [1.54, 1.807) is 0 Å². The van der Waals surface area contributed by atoms with Crippen molar-refractivity contribution in [2.45, 2.75) is 25.9 Å². The molecule has 24 heavy (non-hydrogen) atoms. The standard InChI is InChI=1S/C16H17N5O2S/c1-8-4-10(3)14-11(5-8)9(2)6-12-19-20-16(21(12)14)24-7-13(22)18-15(17)23/h4-6H,7H2,1-3H3,(H3,17,18,22,23). The number of nitrogens with zero attached hydrogens (tertiary/aromatic N) is 3. The number of primary amides is 1. The summed E-state index contributed by atoms with van der Waals surface area (Å²) in [5.74, 6) is -0.433. The van der Waals surface area contributed by atoms with E-state index in [1.807, 2.05) is 29.6 Å². The first kappa shape index (κ1) is 16.3. The van der Waals surface area contributed by atoms with Crippen LogP contribution in [-0.2, 0) is 4.79 Å². The lowest BCUT2D eigenvalue weighted by molar-refractivity contribution is -0.117. The molecule has 0 unspecified atom stereocenters. The van der Waals surface area contributed by atoms with E-state index in [1.165, 1.54) is 17.3 Å². The Balaban J connectivity index is 2.09. The predicted molar refractivity (Wildman–Crippen MR) is 93.2 cm³/mol. The number of benzene rings is 1. The van der Waals surface area contributed by atoms with Gasteiger partial charge in [0, 0.05) is 5.39 Å². The van der Waals surface area contributed by atoms with Crippen molar-refractivity contribution in [2.24, 2.45) is 5.73 Å². The normalized spacial score (nSPS) is 11.1. The average molecular weight is 343 g/mol. The lowest BCUT2D eigenvalue weighted by Crippen LogP contribution is -2.36. The molecular formula is C16H17N5O2S. The third-order valence-electron chi connectivity index (χ3n) is 3.69. The molecule has 3 N–H and O–H groups in total. The molecule has 0 atom stereocenters. The Morgan fingerprint density at radius 3 is 2.62 bits per heavy atom. The Morgan fingerprint density at radius 2 is 1.92 bits per heavy atom. The molecule has 1 aromatic carbocycles. The number of carbonyl (C=O) groups excluding carboxylic acids is 2. The van der Waals surface area contributed by atoms with Gasteiger partial charge in [-0.3, -0.25) is 14.5 Å².